The minimum atomic E-state index is -0.709. The molecule has 9 heteroatoms. The number of amides is 4. The topological polar surface area (TPSA) is 113 Å². The molecule has 0 unspecified atom stereocenters. The molecule has 3 aromatic rings. The molecule has 3 heterocycles. The molecule has 1 aromatic heterocycles. The molecule has 4 amide bonds. The molecular formula is C24H24N4O5. The predicted octanol–water partition coefficient (Wildman–Crippen LogP) is 2.28. The number of fused-ring (bicyclic) bond motifs is 2. The van der Waals surface area contributed by atoms with Crippen molar-refractivity contribution in [3.63, 3.8) is 0 Å². The number of nitrogens with one attached hydrogen (secondary N) is 3. The maximum absolute atomic E-state index is 12.9. The molecule has 0 bridgehead atoms. The third-order valence-corrected chi connectivity index (χ3v) is 5.95. The van der Waals surface area contributed by atoms with Crippen molar-refractivity contribution in [2.24, 2.45) is 0 Å². The van der Waals surface area contributed by atoms with Crippen LogP contribution in [-0.2, 0) is 16.0 Å². The number of nitrogens with zero attached hydrogens (tertiary/aromatic N) is 1. The minimum Gasteiger partial charge on any atom is -0.486 e. The van der Waals surface area contributed by atoms with E-state index in [0.29, 0.717) is 31.1 Å². The van der Waals surface area contributed by atoms with Gasteiger partial charge in [-0.2, -0.15) is 0 Å². The lowest BCUT2D eigenvalue weighted by molar-refractivity contribution is -0.132. The molecule has 2 aromatic carbocycles. The number of benzene rings is 2. The third kappa shape index (κ3) is 4.09. The first-order chi connectivity index (χ1) is 16.0. The second-order valence-corrected chi connectivity index (χ2v) is 8.18. The van der Waals surface area contributed by atoms with Crippen LogP contribution in [0, 0.1) is 0 Å². The number of carbonyl (C=O) groups excluding carboxylic acids is 3. The number of ether oxygens (including phenoxy) is 2. The van der Waals surface area contributed by atoms with Crippen molar-refractivity contribution in [1.29, 1.82) is 0 Å². The van der Waals surface area contributed by atoms with Crippen LogP contribution in [0.5, 0.6) is 11.5 Å². The second kappa shape index (κ2) is 8.50. The molecule has 33 heavy (non-hydrogen) atoms. The highest BCUT2D eigenvalue weighted by atomic mass is 16.6. The molecule has 2 atom stereocenters. The Morgan fingerprint density at radius 3 is 2.79 bits per heavy atom. The lowest BCUT2D eigenvalue weighted by Gasteiger charge is -2.21. The maximum Gasteiger partial charge on any atom is 0.325 e. The first-order valence-electron chi connectivity index (χ1n) is 10.9. The van der Waals surface area contributed by atoms with E-state index in [1.807, 2.05) is 49.5 Å². The Hall–Kier alpha value is -4.01. The molecule has 0 radical (unpaired) electrons. The van der Waals surface area contributed by atoms with E-state index in [0.717, 1.165) is 26.9 Å². The number of carbonyl (C=O) groups is 3. The molecule has 3 N–H and O–H groups in total. The SMILES string of the molecule is C[C@@H](NC(=O)CN1C(=O)N[C@@H](Cc2c[nH]c3ccccc23)C1=O)c1ccc2c(c1)OCCO2. The molecular weight excluding hydrogens is 424 g/mol. The molecule has 1 fully saturated rings. The van der Waals surface area contributed by atoms with Gasteiger partial charge >= 0.3 is 6.03 Å². The van der Waals surface area contributed by atoms with Crippen molar-refractivity contribution in [2.45, 2.75) is 25.4 Å². The van der Waals surface area contributed by atoms with Gasteiger partial charge in [-0.25, -0.2) is 4.79 Å². The Bertz CT molecular complexity index is 1240. The van der Waals surface area contributed by atoms with E-state index >= 15 is 0 Å². The van der Waals surface area contributed by atoms with Crippen molar-refractivity contribution in [3.05, 3.63) is 59.8 Å². The van der Waals surface area contributed by atoms with Crippen LogP contribution in [0.25, 0.3) is 10.9 Å². The summed E-state index contributed by atoms with van der Waals surface area (Å²) in [5.41, 5.74) is 2.73. The molecule has 0 aliphatic carbocycles. The number of H-pyrrole nitrogens is 1. The van der Waals surface area contributed by atoms with Gasteiger partial charge in [0.05, 0.1) is 6.04 Å². The van der Waals surface area contributed by atoms with E-state index in [1.165, 1.54) is 0 Å². The van der Waals surface area contributed by atoms with E-state index in [1.54, 1.807) is 6.07 Å². The van der Waals surface area contributed by atoms with E-state index in [4.69, 9.17) is 9.47 Å². The van der Waals surface area contributed by atoms with Crippen LogP contribution in [0.1, 0.15) is 24.1 Å². The van der Waals surface area contributed by atoms with Gasteiger partial charge < -0.3 is 25.1 Å². The Kier molecular flexibility index (Phi) is 5.37. The number of hydrogen-bond acceptors (Lipinski definition) is 5. The zero-order valence-corrected chi connectivity index (χ0v) is 18.1. The zero-order valence-electron chi connectivity index (χ0n) is 18.1. The lowest BCUT2D eigenvalue weighted by Crippen LogP contribution is -2.42. The van der Waals surface area contributed by atoms with Crippen LogP contribution in [0.4, 0.5) is 4.79 Å². The first kappa shape index (κ1) is 20.9. The van der Waals surface area contributed by atoms with Crippen molar-refractivity contribution in [1.82, 2.24) is 20.5 Å². The maximum atomic E-state index is 12.9. The van der Waals surface area contributed by atoms with Gasteiger partial charge in [0.2, 0.25) is 5.91 Å². The van der Waals surface area contributed by atoms with E-state index in [2.05, 4.69) is 15.6 Å². The van der Waals surface area contributed by atoms with Gasteiger partial charge in [0, 0.05) is 23.5 Å². The standard InChI is InChI=1S/C24H24N4O5/c1-14(15-6-7-20-21(11-15)33-9-8-32-20)26-22(29)13-28-23(30)19(27-24(28)31)10-16-12-25-18-5-3-2-4-17(16)18/h2-7,11-12,14,19,25H,8-10,13H2,1H3,(H,26,29)(H,27,31)/t14-,19+/m1/s1. The summed E-state index contributed by atoms with van der Waals surface area (Å²) in [5, 5.41) is 6.54. The van der Waals surface area contributed by atoms with Gasteiger partial charge in [-0.15, -0.1) is 0 Å². The molecule has 0 saturated carbocycles. The molecule has 2 aliphatic heterocycles. The molecule has 0 spiro atoms. The van der Waals surface area contributed by atoms with Gasteiger partial charge in [-0.3, -0.25) is 14.5 Å². The number of hydrogen-bond donors (Lipinski definition) is 3. The normalized spacial score (nSPS) is 18.3. The fraction of sp³-hybridized carbons (Fsp3) is 0.292. The first-order valence-corrected chi connectivity index (χ1v) is 10.9. The Morgan fingerprint density at radius 2 is 1.94 bits per heavy atom. The molecule has 9 nitrogen and oxygen atoms in total. The predicted molar refractivity (Wildman–Crippen MR) is 120 cm³/mol. The number of aromatic amines is 1. The van der Waals surface area contributed by atoms with Crippen LogP contribution in [0.3, 0.4) is 0 Å². The number of imide groups is 1. The van der Waals surface area contributed by atoms with E-state index < -0.39 is 23.9 Å². The largest absolute Gasteiger partial charge is 0.486 e. The van der Waals surface area contributed by atoms with Crippen molar-refractivity contribution in [3.8, 4) is 11.5 Å². The van der Waals surface area contributed by atoms with Gasteiger partial charge in [0.15, 0.2) is 11.5 Å². The average Bonchev–Trinajstić information content (AvgIpc) is 3.35. The monoisotopic (exact) mass is 448 g/mol. The Morgan fingerprint density at radius 1 is 1.15 bits per heavy atom. The van der Waals surface area contributed by atoms with Gasteiger partial charge in [-0.05, 0) is 36.2 Å². The van der Waals surface area contributed by atoms with Crippen LogP contribution in [0.2, 0.25) is 0 Å². The minimum absolute atomic E-state index is 0.337. The quantitative estimate of drug-likeness (QED) is 0.501. The highest BCUT2D eigenvalue weighted by Crippen LogP contribution is 2.32. The van der Waals surface area contributed by atoms with Crippen molar-refractivity contribution < 1.29 is 23.9 Å². The van der Waals surface area contributed by atoms with Gasteiger partial charge in [0.1, 0.15) is 25.8 Å². The molecule has 5 rings (SSSR count). The number of urea groups is 1. The lowest BCUT2D eigenvalue weighted by atomic mass is 10.1. The summed E-state index contributed by atoms with van der Waals surface area (Å²) in [7, 11) is 0. The zero-order chi connectivity index (χ0) is 22.9. The molecule has 1 saturated heterocycles. The Labute approximate surface area is 190 Å². The number of para-hydroxylation sites is 1. The Balaban J connectivity index is 1.21. The summed E-state index contributed by atoms with van der Waals surface area (Å²) in [6.45, 7) is 2.47. The molecule has 2 aliphatic rings. The third-order valence-electron chi connectivity index (χ3n) is 5.95. The molecule has 170 valence electrons. The summed E-state index contributed by atoms with van der Waals surface area (Å²) >= 11 is 0. The van der Waals surface area contributed by atoms with Crippen molar-refractivity contribution in [2.75, 3.05) is 19.8 Å². The van der Waals surface area contributed by atoms with Crippen LogP contribution >= 0.6 is 0 Å². The average molecular weight is 448 g/mol. The highest BCUT2D eigenvalue weighted by molar-refractivity contribution is 6.06. The number of rotatable bonds is 6. The fourth-order valence-electron chi connectivity index (χ4n) is 4.23. The highest BCUT2D eigenvalue weighted by Gasteiger charge is 2.39. The van der Waals surface area contributed by atoms with Gasteiger partial charge in [-0.1, -0.05) is 24.3 Å². The summed E-state index contributed by atoms with van der Waals surface area (Å²) in [4.78, 5) is 42.0. The van der Waals surface area contributed by atoms with Crippen LogP contribution < -0.4 is 20.1 Å². The van der Waals surface area contributed by atoms with Gasteiger partial charge in [0.25, 0.3) is 5.91 Å². The second-order valence-electron chi connectivity index (χ2n) is 8.18. The fourth-order valence-corrected chi connectivity index (χ4v) is 4.23. The summed E-state index contributed by atoms with van der Waals surface area (Å²) in [5.74, 6) is 0.472. The summed E-state index contributed by atoms with van der Waals surface area (Å²) in [6.07, 6.45) is 2.19. The van der Waals surface area contributed by atoms with Crippen molar-refractivity contribution >= 4 is 28.7 Å². The summed E-state index contributed by atoms with van der Waals surface area (Å²) < 4.78 is 11.1. The van der Waals surface area contributed by atoms with Crippen LogP contribution in [-0.4, -0.2) is 53.5 Å². The summed E-state index contributed by atoms with van der Waals surface area (Å²) in [6, 6.07) is 11.6. The number of aromatic nitrogens is 1. The van der Waals surface area contributed by atoms with E-state index in [-0.39, 0.29) is 12.6 Å². The smallest absolute Gasteiger partial charge is 0.325 e. The van der Waals surface area contributed by atoms with Crippen LogP contribution in [0.15, 0.2) is 48.7 Å². The van der Waals surface area contributed by atoms with E-state index in [9.17, 15) is 14.4 Å².